The van der Waals surface area contributed by atoms with Crippen LogP contribution in [0.25, 0.3) is 28.5 Å². The Hall–Kier alpha value is -3.19. The van der Waals surface area contributed by atoms with Crippen LogP contribution in [-0.2, 0) is 0 Å². The third kappa shape index (κ3) is 2.93. The molecule has 0 saturated carbocycles. The molecule has 7 heteroatoms. The number of nitrogens with zero attached hydrogens (tertiary/aromatic N) is 4. The fourth-order valence-corrected chi connectivity index (χ4v) is 3.40. The van der Waals surface area contributed by atoms with E-state index in [1.54, 1.807) is 18.7 Å². The van der Waals surface area contributed by atoms with Gasteiger partial charge in [0.15, 0.2) is 5.82 Å². The summed E-state index contributed by atoms with van der Waals surface area (Å²) < 4.78 is 12.5. The first-order valence-electron chi connectivity index (χ1n) is 7.97. The molecule has 0 amide bonds. The second-order valence-electron chi connectivity index (χ2n) is 5.43. The van der Waals surface area contributed by atoms with E-state index >= 15 is 0 Å². The normalized spacial score (nSPS) is 11.3. The summed E-state index contributed by atoms with van der Waals surface area (Å²) in [5.74, 6) is 2.22. The van der Waals surface area contributed by atoms with Crippen LogP contribution in [0.3, 0.4) is 0 Å². The van der Waals surface area contributed by atoms with Gasteiger partial charge < -0.3 is 9.47 Å². The highest BCUT2D eigenvalue weighted by Gasteiger charge is 2.15. The maximum Gasteiger partial charge on any atom is 0.235 e. The molecule has 2 heterocycles. The molecule has 0 N–H and O–H groups in total. The highest BCUT2D eigenvalue weighted by atomic mass is 32.1. The standard InChI is InChI=1S/C19H16N4O2S/c1-24-15-9-5-3-7-13(15)11-12-17-22-23-18(20-21-19(23)26-17)14-8-4-6-10-16(14)25-2/h3-12H,1-2H3. The van der Waals surface area contributed by atoms with E-state index in [9.17, 15) is 0 Å². The molecule has 2 aromatic carbocycles. The van der Waals surface area contributed by atoms with E-state index < -0.39 is 0 Å². The van der Waals surface area contributed by atoms with Gasteiger partial charge in [0, 0.05) is 5.56 Å². The Balaban J connectivity index is 1.71. The minimum absolute atomic E-state index is 0.658. The largest absolute Gasteiger partial charge is 0.496 e. The first-order chi connectivity index (χ1) is 12.8. The Labute approximate surface area is 154 Å². The van der Waals surface area contributed by atoms with Crippen molar-refractivity contribution in [1.29, 1.82) is 0 Å². The van der Waals surface area contributed by atoms with E-state index in [0.29, 0.717) is 5.82 Å². The van der Waals surface area contributed by atoms with Crippen molar-refractivity contribution in [1.82, 2.24) is 19.8 Å². The highest BCUT2D eigenvalue weighted by Crippen LogP contribution is 2.30. The number of aromatic nitrogens is 4. The van der Waals surface area contributed by atoms with Crippen molar-refractivity contribution in [2.45, 2.75) is 0 Å². The number of methoxy groups -OCH3 is 2. The monoisotopic (exact) mass is 364 g/mol. The predicted molar refractivity (Wildman–Crippen MR) is 103 cm³/mol. The van der Waals surface area contributed by atoms with Gasteiger partial charge in [-0.3, -0.25) is 0 Å². The zero-order valence-corrected chi connectivity index (χ0v) is 15.1. The molecular weight excluding hydrogens is 348 g/mol. The maximum atomic E-state index is 5.42. The maximum absolute atomic E-state index is 5.42. The van der Waals surface area contributed by atoms with Crippen LogP contribution < -0.4 is 9.47 Å². The van der Waals surface area contributed by atoms with Crippen molar-refractivity contribution in [2.75, 3.05) is 14.2 Å². The fourth-order valence-electron chi connectivity index (χ4n) is 2.66. The lowest BCUT2D eigenvalue weighted by Crippen LogP contribution is -1.94. The summed E-state index contributed by atoms with van der Waals surface area (Å²) in [6.45, 7) is 0. The Bertz CT molecular complexity index is 1080. The van der Waals surface area contributed by atoms with Gasteiger partial charge in [-0.15, -0.1) is 10.2 Å². The van der Waals surface area contributed by atoms with Gasteiger partial charge in [0.05, 0.1) is 19.8 Å². The van der Waals surface area contributed by atoms with E-state index in [4.69, 9.17) is 9.47 Å². The molecule has 0 spiro atoms. The quantitative estimate of drug-likeness (QED) is 0.535. The van der Waals surface area contributed by atoms with E-state index in [0.717, 1.165) is 32.6 Å². The fraction of sp³-hybridized carbons (Fsp3) is 0.105. The molecule has 0 bridgehead atoms. The Morgan fingerprint density at radius 3 is 2.42 bits per heavy atom. The van der Waals surface area contributed by atoms with Gasteiger partial charge in [-0.1, -0.05) is 41.7 Å². The zero-order chi connectivity index (χ0) is 17.9. The lowest BCUT2D eigenvalue weighted by Gasteiger charge is -2.04. The van der Waals surface area contributed by atoms with Gasteiger partial charge in [0.25, 0.3) is 0 Å². The average Bonchev–Trinajstić information content (AvgIpc) is 3.26. The van der Waals surface area contributed by atoms with Crippen LogP contribution in [0.1, 0.15) is 10.6 Å². The van der Waals surface area contributed by atoms with Gasteiger partial charge in [0.1, 0.15) is 16.5 Å². The highest BCUT2D eigenvalue weighted by molar-refractivity contribution is 7.17. The number of hydrogen-bond acceptors (Lipinski definition) is 6. The lowest BCUT2D eigenvalue weighted by atomic mass is 10.2. The second-order valence-corrected chi connectivity index (χ2v) is 6.42. The van der Waals surface area contributed by atoms with Crippen LogP contribution in [-0.4, -0.2) is 34.0 Å². The number of hydrogen-bond donors (Lipinski definition) is 0. The second kappa shape index (κ2) is 6.97. The number of ether oxygens (including phenoxy) is 2. The van der Waals surface area contributed by atoms with Crippen molar-refractivity contribution in [2.24, 2.45) is 0 Å². The van der Waals surface area contributed by atoms with E-state index in [2.05, 4.69) is 15.3 Å². The summed E-state index contributed by atoms with van der Waals surface area (Å²) >= 11 is 1.47. The molecule has 2 aromatic heterocycles. The van der Waals surface area contributed by atoms with E-state index in [1.807, 2.05) is 60.7 Å². The van der Waals surface area contributed by atoms with Crippen LogP contribution >= 0.6 is 11.3 Å². The SMILES string of the molecule is COc1ccccc1C=Cc1nn2c(-c3ccccc3OC)nnc2s1. The summed E-state index contributed by atoms with van der Waals surface area (Å²) in [5, 5.41) is 13.9. The molecule has 0 unspecified atom stereocenters. The molecular formula is C19H16N4O2S. The Kier molecular flexibility index (Phi) is 4.37. The topological polar surface area (TPSA) is 61.5 Å². The van der Waals surface area contributed by atoms with Crippen LogP contribution in [0.4, 0.5) is 0 Å². The smallest absolute Gasteiger partial charge is 0.235 e. The number of benzene rings is 2. The average molecular weight is 364 g/mol. The minimum atomic E-state index is 0.658. The minimum Gasteiger partial charge on any atom is -0.496 e. The molecule has 0 atom stereocenters. The van der Waals surface area contributed by atoms with Gasteiger partial charge in [0.2, 0.25) is 4.96 Å². The lowest BCUT2D eigenvalue weighted by molar-refractivity contribution is 0.414. The summed E-state index contributed by atoms with van der Waals surface area (Å²) in [4.78, 5) is 0.727. The molecule has 4 rings (SSSR count). The van der Waals surface area contributed by atoms with Crippen molar-refractivity contribution >= 4 is 28.4 Å². The first kappa shape index (κ1) is 16.3. The molecule has 0 aliphatic carbocycles. The molecule has 6 nitrogen and oxygen atoms in total. The molecule has 130 valence electrons. The van der Waals surface area contributed by atoms with Crippen LogP contribution in [0.15, 0.2) is 48.5 Å². The van der Waals surface area contributed by atoms with Crippen molar-refractivity contribution in [3.05, 3.63) is 59.1 Å². The van der Waals surface area contributed by atoms with Gasteiger partial charge in [-0.05, 0) is 30.4 Å². The number of para-hydroxylation sites is 2. The molecule has 26 heavy (non-hydrogen) atoms. The van der Waals surface area contributed by atoms with Crippen molar-refractivity contribution in [3.63, 3.8) is 0 Å². The van der Waals surface area contributed by atoms with Gasteiger partial charge in [-0.2, -0.15) is 9.61 Å². The zero-order valence-electron chi connectivity index (χ0n) is 14.3. The molecule has 0 aliphatic heterocycles. The number of rotatable bonds is 5. The van der Waals surface area contributed by atoms with E-state index in [-0.39, 0.29) is 0 Å². The summed E-state index contributed by atoms with van der Waals surface area (Å²) in [6.07, 6.45) is 3.93. The van der Waals surface area contributed by atoms with Gasteiger partial charge >= 0.3 is 0 Å². The summed E-state index contributed by atoms with van der Waals surface area (Å²) in [5.41, 5.74) is 1.85. The Morgan fingerprint density at radius 2 is 1.62 bits per heavy atom. The van der Waals surface area contributed by atoms with Crippen LogP contribution in [0, 0.1) is 0 Å². The predicted octanol–water partition coefficient (Wildman–Crippen LogP) is 4.04. The molecule has 0 fully saturated rings. The number of fused-ring (bicyclic) bond motifs is 1. The third-order valence-corrected chi connectivity index (χ3v) is 4.76. The van der Waals surface area contributed by atoms with Gasteiger partial charge in [-0.25, -0.2) is 0 Å². The molecule has 0 aliphatic rings. The van der Waals surface area contributed by atoms with Crippen molar-refractivity contribution < 1.29 is 9.47 Å². The first-order valence-corrected chi connectivity index (χ1v) is 8.78. The molecule has 4 aromatic rings. The Morgan fingerprint density at radius 1 is 0.885 bits per heavy atom. The van der Waals surface area contributed by atoms with E-state index in [1.165, 1.54) is 11.3 Å². The van der Waals surface area contributed by atoms with Crippen LogP contribution in [0.5, 0.6) is 11.5 Å². The third-order valence-electron chi connectivity index (χ3n) is 3.90. The molecule has 0 saturated heterocycles. The van der Waals surface area contributed by atoms with Crippen LogP contribution in [0.2, 0.25) is 0 Å². The summed E-state index contributed by atoms with van der Waals surface area (Å²) in [6, 6.07) is 15.5. The van der Waals surface area contributed by atoms with Crippen molar-refractivity contribution in [3.8, 4) is 22.9 Å². The molecule has 0 radical (unpaired) electrons. The summed E-state index contributed by atoms with van der Waals surface area (Å²) in [7, 11) is 3.30.